The summed E-state index contributed by atoms with van der Waals surface area (Å²) in [4.78, 5) is 10.8. The predicted molar refractivity (Wildman–Crippen MR) is 88.7 cm³/mol. The highest BCUT2D eigenvalue weighted by Crippen LogP contribution is 2.13. The average molecular weight is 300 g/mol. The van der Waals surface area contributed by atoms with E-state index in [9.17, 15) is 4.79 Å². The minimum absolute atomic E-state index is 0.613. The molecule has 0 aliphatic rings. The van der Waals surface area contributed by atoms with Crippen LogP contribution in [0.25, 0.3) is 0 Å². The van der Waals surface area contributed by atoms with Gasteiger partial charge in [-0.15, -0.1) is 0 Å². The van der Waals surface area contributed by atoms with E-state index < -0.39 is 12.1 Å². The van der Waals surface area contributed by atoms with E-state index in [1.165, 1.54) is 77.7 Å². The summed E-state index contributed by atoms with van der Waals surface area (Å²) in [5, 5.41) is 8.84. The van der Waals surface area contributed by atoms with Crippen LogP contribution in [0.4, 0.5) is 0 Å². The molecule has 0 aromatic carbocycles. The first-order valence-electron chi connectivity index (χ1n) is 8.98. The van der Waals surface area contributed by atoms with E-state index in [1.54, 1.807) is 0 Å². The molecule has 0 aliphatic carbocycles. The molecule has 1 N–H and O–H groups in total. The van der Waals surface area contributed by atoms with Crippen LogP contribution >= 0.6 is 0 Å². The fourth-order valence-corrected chi connectivity index (χ4v) is 2.69. The molecular weight excluding hydrogens is 264 g/mol. The van der Waals surface area contributed by atoms with E-state index in [0.29, 0.717) is 6.42 Å². The van der Waals surface area contributed by atoms with Crippen LogP contribution in [-0.4, -0.2) is 24.3 Å². The minimum atomic E-state index is -0.837. The molecule has 0 fully saturated rings. The van der Waals surface area contributed by atoms with Crippen molar-refractivity contribution in [1.29, 1.82) is 0 Å². The first-order valence-corrected chi connectivity index (χ1v) is 8.98. The summed E-state index contributed by atoms with van der Waals surface area (Å²) in [7, 11) is 1.47. The molecule has 0 saturated carbocycles. The van der Waals surface area contributed by atoms with Crippen molar-refractivity contribution < 1.29 is 14.6 Å². The Hall–Kier alpha value is -0.570. The molecule has 1 atom stereocenters. The quantitative estimate of drug-likeness (QED) is 0.379. The van der Waals surface area contributed by atoms with Crippen molar-refractivity contribution >= 4 is 5.97 Å². The summed E-state index contributed by atoms with van der Waals surface area (Å²) in [5.41, 5.74) is 0. The van der Waals surface area contributed by atoms with Crippen molar-refractivity contribution in [3.05, 3.63) is 0 Å². The van der Waals surface area contributed by atoms with Gasteiger partial charge in [0.2, 0.25) is 0 Å². The van der Waals surface area contributed by atoms with Gasteiger partial charge in [0, 0.05) is 7.11 Å². The molecule has 0 unspecified atom stereocenters. The summed E-state index contributed by atoms with van der Waals surface area (Å²) in [6.07, 6.45) is 17.1. The lowest BCUT2D eigenvalue weighted by atomic mass is 10.0. The maximum atomic E-state index is 10.8. The molecule has 3 heteroatoms. The third kappa shape index (κ3) is 14.1. The number of aliphatic carboxylic acids is 1. The van der Waals surface area contributed by atoms with E-state index in [0.717, 1.165) is 12.8 Å². The molecule has 0 aliphatic heterocycles. The van der Waals surface area contributed by atoms with Gasteiger partial charge in [-0.3, -0.25) is 0 Å². The van der Waals surface area contributed by atoms with Crippen molar-refractivity contribution in [3.8, 4) is 0 Å². The zero-order valence-electron chi connectivity index (χ0n) is 14.2. The Morgan fingerprint density at radius 3 is 1.52 bits per heavy atom. The van der Waals surface area contributed by atoms with E-state index in [2.05, 4.69) is 6.92 Å². The Morgan fingerprint density at radius 1 is 0.810 bits per heavy atom. The molecule has 0 aromatic heterocycles. The Morgan fingerprint density at radius 2 is 1.19 bits per heavy atom. The molecular formula is C18H36O3. The number of methoxy groups -OCH3 is 1. The Bertz CT molecular complexity index is 229. The minimum Gasteiger partial charge on any atom is -0.479 e. The lowest BCUT2D eigenvalue weighted by molar-refractivity contribution is -0.148. The van der Waals surface area contributed by atoms with E-state index in [1.807, 2.05) is 0 Å². The van der Waals surface area contributed by atoms with Crippen LogP contribution in [0.3, 0.4) is 0 Å². The average Bonchev–Trinajstić information content (AvgIpc) is 2.47. The van der Waals surface area contributed by atoms with Gasteiger partial charge in [-0.1, -0.05) is 90.4 Å². The van der Waals surface area contributed by atoms with Crippen LogP contribution in [0.15, 0.2) is 0 Å². The van der Waals surface area contributed by atoms with Crippen LogP contribution in [-0.2, 0) is 9.53 Å². The van der Waals surface area contributed by atoms with Gasteiger partial charge in [0.1, 0.15) is 0 Å². The van der Waals surface area contributed by atoms with Crippen LogP contribution < -0.4 is 0 Å². The summed E-state index contributed by atoms with van der Waals surface area (Å²) in [6.45, 7) is 2.26. The van der Waals surface area contributed by atoms with Crippen LogP contribution in [0.5, 0.6) is 0 Å². The van der Waals surface area contributed by atoms with Gasteiger partial charge in [-0.2, -0.15) is 0 Å². The number of carbonyl (C=O) groups is 1. The molecule has 0 heterocycles. The molecule has 0 spiro atoms. The smallest absolute Gasteiger partial charge is 0.332 e. The third-order valence-corrected chi connectivity index (χ3v) is 4.13. The molecule has 0 aromatic rings. The summed E-state index contributed by atoms with van der Waals surface area (Å²) >= 11 is 0. The standard InChI is InChI=1S/C18H36O3/c1-3-4-5-6-7-8-9-10-11-12-13-14-15-16-17(21-2)18(19)20/h17H,3-16H2,1-2H3,(H,19,20)/t17-/m0/s1. The molecule has 0 bridgehead atoms. The number of rotatable bonds is 16. The molecule has 126 valence electrons. The number of ether oxygens (including phenoxy) is 1. The van der Waals surface area contributed by atoms with E-state index >= 15 is 0 Å². The van der Waals surface area contributed by atoms with Gasteiger partial charge < -0.3 is 9.84 Å². The summed E-state index contributed by atoms with van der Waals surface area (Å²) in [6, 6.07) is 0. The van der Waals surface area contributed by atoms with Gasteiger partial charge in [-0.25, -0.2) is 4.79 Å². The fourth-order valence-electron chi connectivity index (χ4n) is 2.69. The normalized spacial score (nSPS) is 12.5. The van der Waals surface area contributed by atoms with Gasteiger partial charge >= 0.3 is 5.97 Å². The Labute approximate surface area is 131 Å². The number of carboxylic acids is 1. The van der Waals surface area contributed by atoms with Crippen molar-refractivity contribution in [2.24, 2.45) is 0 Å². The number of hydrogen-bond donors (Lipinski definition) is 1. The van der Waals surface area contributed by atoms with Crippen molar-refractivity contribution in [2.45, 2.75) is 103 Å². The highest BCUT2D eigenvalue weighted by Gasteiger charge is 2.14. The van der Waals surface area contributed by atoms with Gasteiger partial charge in [0.05, 0.1) is 0 Å². The highest BCUT2D eigenvalue weighted by molar-refractivity contribution is 5.72. The Balaban J connectivity index is 3.14. The van der Waals surface area contributed by atoms with Gasteiger partial charge in [0.25, 0.3) is 0 Å². The monoisotopic (exact) mass is 300 g/mol. The number of carboxylic acid groups (broad SMARTS) is 1. The van der Waals surface area contributed by atoms with Crippen molar-refractivity contribution in [1.82, 2.24) is 0 Å². The highest BCUT2D eigenvalue weighted by atomic mass is 16.5. The molecule has 21 heavy (non-hydrogen) atoms. The maximum Gasteiger partial charge on any atom is 0.332 e. The number of hydrogen-bond acceptors (Lipinski definition) is 2. The molecule has 0 saturated heterocycles. The third-order valence-electron chi connectivity index (χ3n) is 4.13. The largest absolute Gasteiger partial charge is 0.479 e. The van der Waals surface area contributed by atoms with Crippen LogP contribution in [0, 0.1) is 0 Å². The topological polar surface area (TPSA) is 46.5 Å². The zero-order chi connectivity index (χ0) is 15.8. The van der Waals surface area contributed by atoms with E-state index in [-0.39, 0.29) is 0 Å². The first-order chi connectivity index (χ1) is 10.2. The second-order valence-electron chi connectivity index (χ2n) is 6.09. The predicted octanol–water partition coefficient (Wildman–Crippen LogP) is 5.57. The lowest BCUT2D eigenvalue weighted by Gasteiger charge is -2.09. The van der Waals surface area contributed by atoms with Crippen LogP contribution in [0.1, 0.15) is 96.8 Å². The zero-order valence-corrected chi connectivity index (χ0v) is 14.2. The molecule has 0 amide bonds. The first kappa shape index (κ1) is 20.4. The molecule has 3 nitrogen and oxygen atoms in total. The van der Waals surface area contributed by atoms with Gasteiger partial charge in [-0.05, 0) is 6.42 Å². The van der Waals surface area contributed by atoms with Crippen molar-refractivity contribution in [2.75, 3.05) is 7.11 Å². The van der Waals surface area contributed by atoms with Crippen molar-refractivity contribution in [3.63, 3.8) is 0 Å². The fraction of sp³-hybridized carbons (Fsp3) is 0.944. The SMILES string of the molecule is CCCCCCCCCCCCCCC[C@H](OC)C(=O)O. The summed E-state index contributed by atoms with van der Waals surface area (Å²) < 4.78 is 4.92. The summed E-state index contributed by atoms with van der Waals surface area (Å²) in [5.74, 6) is -0.837. The Kier molecular flexibility index (Phi) is 15.4. The number of unbranched alkanes of at least 4 members (excludes halogenated alkanes) is 12. The second kappa shape index (κ2) is 15.8. The molecule has 0 rings (SSSR count). The lowest BCUT2D eigenvalue weighted by Crippen LogP contribution is -2.21. The van der Waals surface area contributed by atoms with E-state index in [4.69, 9.17) is 9.84 Å². The van der Waals surface area contributed by atoms with Crippen LogP contribution in [0.2, 0.25) is 0 Å². The maximum absolute atomic E-state index is 10.8. The van der Waals surface area contributed by atoms with Gasteiger partial charge in [0.15, 0.2) is 6.10 Å². The molecule has 0 radical (unpaired) electrons. The second-order valence-corrected chi connectivity index (χ2v) is 6.09.